The normalized spacial score (nSPS) is 14.3. The molecule has 19 heteroatoms. The molecule has 0 heterocycles. The molecule has 0 amide bonds. The van der Waals surface area contributed by atoms with E-state index in [1.165, 1.54) is 231 Å². The van der Waals surface area contributed by atoms with E-state index in [-0.39, 0.29) is 25.7 Å². The summed E-state index contributed by atoms with van der Waals surface area (Å²) in [5.74, 6) is 1.05. The van der Waals surface area contributed by atoms with Crippen molar-refractivity contribution in [3.8, 4) is 0 Å². The summed E-state index contributed by atoms with van der Waals surface area (Å²) >= 11 is 0. The summed E-state index contributed by atoms with van der Waals surface area (Å²) in [6.45, 7) is 14.3. The Morgan fingerprint density at radius 1 is 0.275 bits per heavy atom. The summed E-state index contributed by atoms with van der Waals surface area (Å²) < 4.78 is 68.8. The second-order valence-corrected chi connectivity index (χ2v) is 34.4. The van der Waals surface area contributed by atoms with Crippen LogP contribution >= 0.6 is 15.6 Å². The fourth-order valence-electron chi connectivity index (χ4n) is 12.8. The fraction of sp³-hybridized carbons (Fsp3) is 0.952. The number of carbonyl (C=O) groups is 4. The smallest absolute Gasteiger partial charge is 0.462 e. The molecule has 0 aromatic carbocycles. The lowest BCUT2D eigenvalue weighted by Crippen LogP contribution is -2.30. The van der Waals surface area contributed by atoms with Gasteiger partial charge in [0.15, 0.2) is 12.2 Å². The van der Waals surface area contributed by atoms with Gasteiger partial charge in [-0.2, -0.15) is 0 Å². The lowest BCUT2D eigenvalue weighted by Gasteiger charge is -2.21. The van der Waals surface area contributed by atoms with Crippen molar-refractivity contribution in [1.29, 1.82) is 0 Å². The molecule has 0 aromatic rings. The van der Waals surface area contributed by atoms with Gasteiger partial charge in [-0.05, 0) is 49.4 Å². The van der Waals surface area contributed by atoms with E-state index in [0.717, 1.165) is 114 Å². The molecule has 0 spiro atoms. The Balaban J connectivity index is 5.26. The van der Waals surface area contributed by atoms with Gasteiger partial charge in [0.1, 0.15) is 19.3 Å². The van der Waals surface area contributed by atoms with E-state index in [1.807, 2.05) is 0 Å². The summed E-state index contributed by atoms with van der Waals surface area (Å²) in [6, 6.07) is 0. The Morgan fingerprint density at radius 2 is 0.471 bits per heavy atom. The van der Waals surface area contributed by atoms with E-state index in [2.05, 4.69) is 55.4 Å². The topological polar surface area (TPSA) is 237 Å². The van der Waals surface area contributed by atoms with Crippen LogP contribution < -0.4 is 0 Å². The molecule has 3 unspecified atom stereocenters. The molecule has 0 rings (SSSR count). The predicted octanol–water partition coefficient (Wildman–Crippen LogP) is 24.8. The standard InChI is InChI=1S/C83H162O17P2/c1-9-76(8)62-54-46-38-29-23-17-11-13-19-25-31-41-49-57-65-82(87)99-78(69-93-80(85)63-55-47-39-30-24-18-12-10-15-21-27-35-43-51-59-73(2)3)71-97-101(89,90)95-67-77(84)68-96-102(91,92)98-72-79(70-94-81(86)64-56-48-40-34-33-37-45-53-61-75(6)7)100-83(88)66-58-50-42-32-26-20-14-16-22-28-36-44-52-60-74(4)5/h73-79,84H,9-72H2,1-8H3,(H,89,90)(H,91,92)/t76?,77-,78-,79-/m1/s1. The van der Waals surface area contributed by atoms with Crippen molar-refractivity contribution >= 4 is 39.5 Å². The molecule has 0 bridgehead atoms. The van der Waals surface area contributed by atoms with Crippen LogP contribution in [0.4, 0.5) is 0 Å². The second kappa shape index (κ2) is 72.0. The van der Waals surface area contributed by atoms with Crippen LogP contribution in [0, 0.1) is 23.7 Å². The summed E-state index contributed by atoms with van der Waals surface area (Å²) in [4.78, 5) is 73.1. The number of ether oxygens (including phenoxy) is 4. The van der Waals surface area contributed by atoms with E-state index < -0.39 is 97.5 Å². The highest BCUT2D eigenvalue weighted by Gasteiger charge is 2.30. The largest absolute Gasteiger partial charge is 0.472 e. The van der Waals surface area contributed by atoms with Crippen molar-refractivity contribution in [2.75, 3.05) is 39.6 Å². The van der Waals surface area contributed by atoms with Crippen LogP contribution in [-0.4, -0.2) is 96.7 Å². The molecular weight excluding hydrogens is 1330 g/mol. The summed E-state index contributed by atoms with van der Waals surface area (Å²) in [7, 11) is -9.93. The van der Waals surface area contributed by atoms with Crippen LogP contribution in [0.1, 0.15) is 428 Å². The van der Waals surface area contributed by atoms with Crippen LogP contribution in [0.5, 0.6) is 0 Å². The number of unbranched alkanes of at least 4 members (excludes halogenated alkanes) is 45. The van der Waals surface area contributed by atoms with Gasteiger partial charge in [0, 0.05) is 25.7 Å². The van der Waals surface area contributed by atoms with Crippen LogP contribution in [0.15, 0.2) is 0 Å². The number of carbonyl (C=O) groups excluding carboxylic acids is 4. The molecule has 0 aliphatic rings. The van der Waals surface area contributed by atoms with Crippen molar-refractivity contribution in [3.63, 3.8) is 0 Å². The first-order chi connectivity index (χ1) is 49.1. The van der Waals surface area contributed by atoms with Gasteiger partial charge in [-0.25, -0.2) is 9.13 Å². The van der Waals surface area contributed by atoms with Crippen molar-refractivity contribution in [1.82, 2.24) is 0 Å². The van der Waals surface area contributed by atoms with Crippen molar-refractivity contribution in [3.05, 3.63) is 0 Å². The van der Waals surface area contributed by atoms with Gasteiger partial charge in [0.25, 0.3) is 0 Å². The SMILES string of the molecule is CCC(C)CCCCCCCCCCCCCCCCC(=O)O[C@H](COC(=O)CCCCCCCCCCCCCCCCC(C)C)COP(=O)(O)OC[C@@H](O)COP(=O)(O)OC[C@@H](COC(=O)CCCCCCCCCCC(C)C)OC(=O)CCCCCCCCCCCCCCCC(C)C. The minimum Gasteiger partial charge on any atom is -0.462 e. The number of phosphoric acid groups is 2. The van der Waals surface area contributed by atoms with E-state index in [1.54, 1.807) is 0 Å². The highest BCUT2D eigenvalue weighted by molar-refractivity contribution is 7.47. The average Bonchev–Trinajstić information content (AvgIpc) is 0.915. The summed E-state index contributed by atoms with van der Waals surface area (Å²) in [5.41, 5.74) is 0. The van der Waals surface area contributed by atoms with Crippen LogP contribution in [-0.2, 0) is 65.4 Å². The quantitative estimate of drug-likeness (QED) is 0.0222. The van der Waals surface area contributed by atoms with Gasteiger partial charge >= 0.3 is 39.5 Å². The summed E-state index contributed by atoms with van der Waals surface area (Å²) in [5, 5.41) is 10.7. The molecule has 0 saturated carbocycles. The molecule has 0 saturated heterocycles. The zero-order valence-electron chi connectivity index (χ0n) is 67.2. The zero-order chi connectivity index (χ0) is 75.3. The summed E-state index contributed by atoms with van der Waals surface area (Å²) in [6.07, 6.45) is 59.6. The molecule has 3 N–H and O–H groups in total. The lowest BCUT2D eigenvalue weighted by molar-refractivity contribution is -0.161. The molecule has 0 aliphatic heterocycles. The number of hydrogen-bond donors (Lipinski definition) is 3. The third-order valence-corrected chi connectivity index (χ3v) is 21.6. The first-order valence-electron chi connectivity index (χ1n) is 42.7. The highest BCUT2D eigenvalue weighted by Crippen LogP contribution is 2.45. The molecule has 606 valence electrons. The van der Waals surface area contributed by atoms with Crippen molar-refractivity contribution in [2.24, 2.45) is 23.7 Å². The second-order valence-electron chi connectivity index (χ2n) is 31.5. The predicted molar refractivity (Wildman–Crippen MR) is 418 cm³/mol. The molecular formula is C83H162O17P2. The van der Waals surface area contributed by atoms with E-state index >= 15 is 0 Å². The maximum atomic E-state index is 13.1. The molecule has 0 fully saturated rings. The minimum atomic E-state index is -4.96. The molecule has 17 nitrogen and oxygen atoms in total. The van der Waals surface area contributed by atoms with Gasteiger partial charge in [-0.1, -0.05) is 376 Å². The number of hydrogen-bond acceptors (Lipinski definition) is 15. The Labute approximate surface area is 626 Å². The maximum Gasteiger partial charge on any atom is 0.472 e. The first-order valence-corrected chi connectivity index (χ1v) is 45.7. The van der Waals surface area contributed by atoms with Crippen LogP contribution in [0.3, 0.4) is 0 Å². The van der Waals surface area contributed by atoms with E-state index in [0.29, 0.717) is 25.7 Å². The van der Waals surface area contributed by atoms with Gasteiger partial charge in [-0.15, -0.1) is 0 Å². The monoisotopic (exact) mass is 1490 g/mol. The van der Waals surface area contributed by atoms with Gasteiger partial charge < -0.3 is 33.8 Å². The van der Waals surface area contributed by atoms with Crippen LogP contribution in [0.25, 0.3) is 0 Å². The zero-order valence-corrected chi connectivity index (χ0v) is 69.0. The van der Waals surface area contributed by atoms with Crippen LogP contribution in [0.2, 0.25) is 0 Å². The molecule has 0 radical (unpaired) electrons. The lowest BCUT2D eigenvalue weighted by atomic mass is 9.99. The van der Waals surface area contributed by atoms with Gasteiger partial charge in [-0.3, -0.25) is 37.3 Å². The Kier molecular flexibility index (Phi) is 70.6. The first kappa shape index (κ1) is 100. The fourth-order valence-corrected chi connectivity index (χ4v) is 14.3. The number of aliphatic hydroxyl groups excluding tert-OH is 1. The molecule has 102 heavy (non-hydrogen) atoms. The minimum absolute atomic E-state index is 0.106. The molecule has 6 atom stereocenters. The molecule has 0 aromatic heterocycles. The number of rotatable bonds is 80. The Bertz CT molecular complexity index is 1990. The van der Waals surface area contributed by atoms with Gasteiger partial charge in [0.05, 0.1) is 26.4 Å². The molecule has 0 aliphatic carbocycles. The number of aliphatic hydroxyl groups is 1. The Morgan fingerprint density at radius 3 is 0.696 bits per heavy atom. The van der Waals surface area contributed by atoms with Crippen molar-refractivity contribution in [2.45, 2.75) is 446 Å². The maximum absolute atomic E-state index is 13.1. The average molecular weight is 1490 g/mol. The van der Waals surface area contributed by atoms with E-state index in [9.17, 15) is 43.2 Å². The third kappa shape index (κ3) is 74.9. The van der Waals surface area contributed by atoms with Gasteiger partial charge in [0.2, 0.25) is 0 Å². The number of phosphoric ester groups is 2. The third-order valence-electron chi connectivity index (χ3n) is 19.7. The van der Waals surface area contributed by atoms with Crippen molar-refractivity contribution < 1.29 is 80.2 Å². The Hall–Kier alpha value is -1.94. The number of esters is 4. The highest BCUT2D eigenvalue weighted by atomic mass is 31.2. The van der Waals surface area contributed by atoms with E-state index in [4.69, 9.17) is 37.0 Å².